The van der Waals surface area contributed by atoms with Gasteiger partial charge in [-0.1, -0.05) is 30.3 Å². The van der Waals surface area contributed by atoms with Gasteiger partial charge < -0.3 is 10.4 Å². The van der Waals surface area contributed by atoms with E-state index in [-0.39, 0.29) is 12.5 Å². The Balaban J connectivity index is 1.73. The van der Waals surface area contributed by atoms with Crippen molar-refractivity contribution >= 4 is 23.3 Å². The standard InChI is InChI=1S/C16H17NO2S/c18-15(10-13-4-2-1-3-5-13)11-17-16(19)7-6-14-8-9-20-12-14/h1-9,12,15,18H,10-11H2,(H,17,19)/b7-6+/t15-/m1/s1. The van der Waals surface area contributed by atoms with Gasteiger partial charge in [0, 0.05) is 19.0 Å². The number of rotatable bonds is 6. The Kier molecular flexibility index (Phi) is 5.53. The molecule has 1 heterocycles. The molecular formula is C16H17NO2S. The van der Waals surface area contributed by atoms with Crippen LogP contribution in [-0.4, -0.2) is 23.7 Å². The molecule has 2 aromatic rings. The van der Waals surface area contributed by atoms with E-state index in [1.165, 1.54) is 6.08 Å². The molecule has 20 heavy (non-hydrogen) atoms. The molecule has 2 N–H and O–H groups in total. The lowest BCUT2D eigenvalue weighted by Gasteiger charge is -2.10. The van der Waals surface area contributed by atoms with Gasteiger partial charge in [0.05, 0.1) is 6.10 Å². The van der Waals surface area contributed by atoms with E-state index < -0.39 is 6.10 Å². The second kappa shape index (κ2) is 7.62. The Morgan fingerprint density at radius 3 is 2.80 bits per heavy atom. The first-order valence-corrected chi connectivity index (χ1v) is 7.38. The van der Waals surface area contributed by atoms with Crippen LogP contribution < -0.4 is 5.32 Å². The quantitative estimate of drug-likeness (QED) is 0.802. The van der Waals surface area contributed by atoms with Crippen molar-refractivity contribution in [3.8, 4) is 0 Å². The second-order valence-electron chi connectivity index (χ2n) is 4.48. The summed E-state index contributed by atoms with van der Waals surface area (Å²) in [5.74, 6) is -0.191. The van der Waals surface area contributed by atoms with Crippen LogP contribution in [0.4, 0.5) is 0 Å². The summed E-state index contributed by atoms with van der Waals surface area (Å²) in [6.45, 7) is 0.252. The van der Waals surface area contributed by atoms with Crippen LogP contribution in [0.3, 0.4) is 0 Å². The van der Waals surface area contributed by atoms with Crippen molar-refractivity contribution in [3.63, 3.8) is 0 Å². The van der Waals surface area contributed by atoms with Crippen LogP contribution in [-0.2, 0) is 11.2 Å². The van der Waals surface area contributed by atoms with E-state index in [1.54, 1.807) is 17.4 Å². The smallest absolute Gasteiger partial charge is 0.244 e. The molecule has 0 fully saturated rings. The fourth-order valence-corrected chi connectivity index (χ4v) is 2.41. The molecule has 3 nitrogen and oxygen atoms in total. The van der Waals surface area contributed by atoms with Crippen LogP contribution in [0.5, 0.6) is 0 Å². The Bertz CT molecular complexity index is 549. The van der Waals surface area contributed by atoms with Crippen LogP contribution in [0, 0.1) is 0 Å². The van der Waals surface area contributed by atoms with Gasteiger partial charge in [-0.05, 0) is 34.0 Å². The molecule has 104 valence electrons. The number of benzene rings is 1. The van der Waals surface area contributed by atoms with Gasteiger partial charge in [0.15, 0.2) is 0 Å². The first-order chi connectivity index (χ1) is 9.74. The van der Waals surface area contributed by atoms with Crippen molar-refractivity contribution in [2.24, 2.45) is 0 Å². The van der Waals surface area contributed by atoms with Gasteiger partial charge in [-0.15, -0.1) is 0 Å². The molecule has 2 rings (SSSR count). The van der Waals surface area contributed by atoms with E-state index in [1.807, 2.05) is 47.2 Å². The zero-order valence-electron chi connectivity index (χ0n) is 11.0. The van der Waals surface area contributed by atoms with Crippen molar-refractivity contribution in [1.82, 2.24) is 5.32 Å². The minimum absolute atomic E-state index is 0.191. The molecule has 0 spiro atoms. The number of aliphatic hydroxyl groups excluding tert-OH is 1. The summed E-state index contributed by atoms with van der Waals surface area (Å²) in [5, 5.41) is 16.5. The summed E-state index contributed by atoms with van der Waals surface area (Å²) in [6, 6.07) is 11.7. The zero-order valence-corrected chi connectivity index (χ0v) is 11.8. The van der Waals surface area contributed by atoms with E-state index in [9.17, 15) is 9.90 Å². The maximum absolute atomic E-state index is 11.6. The molecule has 1 aromatic carbocycles. The zero-order chi connectivity index (χ0) is 14.2. The number of carbonyl (C=O) groups is 1. The summed E-state index contributed by atoms with van der Waals surface area (Å²) < 4.78 is 0. The van der Waals surface area contributed by atoms with Gasteiger partial charge in [-0.25, -0.2) is 0 Å². The maximum Gasteiger partial charge on any atom is 0.244 e. The van der Waals surface area contributed by atoms with Crippen molar-refractivity contribution in [2.45, 2.75) is 12.5 Å². The molecule has 1 atom stereocenters. The maximum atomic E-state index is 11.6. The molecule has 1 amide bonds. The number of nitrogens with one attached hydrogen (secondary N) is 1. The number of hydrogen-bond acceptors (Lipinski definition) is 3. The van der Waals surface area contributed by atoms with E-state index in [0.717, 1.165) is 11.1 Å². The van der Waals surface area contributed by atoms with Crippen LogP contribution in [0.25, 0.3) is 6.08 Å². The number of carbonyl (C=O) groups excluding carboxylic acids is 1. The van der Waals surface area contributed by atoms with Gasteiger partial charge in [-0.2, -0.15) is 11.3 Å². The lowest BCUT2D eigenvalue weighted by molar-refractivity contribution is -0.116. The average molecular weight is 287 g/mol. The van der Waals surface area contributed by atoms with Crippen molar-refractivity contribution in [2.75, 3.05) is 6.54 Å². The van der Waals surface area contributed by atoms with Crippen molar-refractivity contribution in [3.05, 3.63) is 64.4 Å². The monoisotopic (exact) mass is 287 g/mol. The number of amides is 1. The molecule has 1 aromatic heterocycles. The Hall–Kier alpha value is -1.91. The lowest BCUT2D eigenvalue weighted by atomic mass is 10.1. The topological polar surface area (TPSA) is 49.3 Å². The number of thiophene rings is 1. The Morgan fingerprint density at radius 1 is 1.30 bits per heavy atom. The van der Waals surface area contributed by atoms with Gasteiger partial charge in [0.2, 0.25) is 5.91 Å². The highest BCUT2D eigenvalue weighted by Gasteiger charge is 2.06. The van der Waals surface area contributed by atoms with Crippen molar-refractivity contribution in [1.29, 1.82) is 0 Å². The third kappa shape index (κ3) is 4.99. The van der Waals surface area contributed by atoms with E-state index in [4.69, 9.17) is 0 Å². The summed E-state index contributed by atoms with van der Waals surface area (Å²) in [7, 11) is 0. The third-order valence-corrected chi connectivity index (χ3v) is 3.50. The van der Waals surface area contributed by atoms with Crippen LogP contribution in [0.1, 0.15) is 11.1 Å². The fraction of sp³-hybridized carbons (Fsp3) is 0.188. The highest BCUT2D eigenvalue weighted by Crippen LogP contribution is 2.07. The molecule has 4 heteroatoms. The first-order valence-electron chi connectivity index (χ1n) is 6.44. The normalized spacial score (nSPS) is 12.4. The molecular weight excluding hydrogens is 270 g/mol. The van der Waals surface area contributed by atoms with Gasteiger partial charge in [-0.3, -0.25) is 4.79 Å². The molecule has 0 bridgehead atoms. The Morgan fingerprint density at radius 2 is 2.10 bits per heavy atom. The minimum Gasteiger partial charge on any atom is -0.391 e. The predicted octanol–water partition coefficient (Wildman–Crippen LogP) is 2.48. The second-order valence-corrected chi connectivity index (χ2v) is 5.26. The predicted molar refractivity (Wildman–Crippen MR) is 82.5 cm³/mol. The summed E-state index contributed by atoms with van der Waals surface area (Å²) in [4.78, 5) is 11.6. The van der Waals surface area contributed by atoms with Gasteiger partial charge in [0.1, 0.15) is 0 Å². The van der Waals surface area contributed by atoms with Crippen LogP contribution in [0.2, 0.25) is 0 Å². The summed E-state index contributed by atoms with van der Waals surface area (Å²) in [5.41, 5.74) is 2.07. The fourth-order valence-electron chi connectivity index (χ4n) is 1.78. The summed E-state index contributed by atoms with van der Waals surface area (Å²) in [6.07, 6.45) is 3.21. The van der Waals surface area contributed by atoms with Gasteiger partial charge >= 0.3 is 0 Å². The molecule has 0 radical (unpaired) electrons. The molecule has 0 aliphatic rings. The third-order valence-electron chi connectivity index (χ3n) is 2.80. The highest BCUT2D eigenvalue weighted by atomic mass is 32.1. The number of hydrogen-bond donors (Lipinski definition) is 2. The first kappa shape index (κ1) is 14.5. The molecule has 0 aliphatic carbocycles. The molecule has 0 unspecified atom stereocenters. The Labute approximate surface area is 122 Å². The van der Waals surface area contributed by atoms with Crippen LogP contribution >= 0.6 is 11.3 Å². The SMILES string of the molecule is O=C(/C=C/c1ccsc1)NC[C@H](O)Cc1ccccc1. The minimum atomic E-state index is -0.573. The largest absolute Gasteiger partial charge is 0.391 e. The van der Waals surface area contributed by atoms with E-state index in [0.29, 0.717) is 6.42 Å². The van der Waals surface area contributed by atoms with Gasteiger partial charge in [0.25, 0.3) is 0 Å². The molecule has 0 saturated carbocycles. The lowest BCUT2D eigenvalue weighted by Crippen LogP contribution is -2.32. The van der Waals surface area contributed by atoms with Crippen LogP contribution in [0.15, 0.2) is 53.2 Å². The summed E-state index contributed by atoms with van der Waals surface area (Å²) >= 11 is 1.59. The molecule has 0 aliphatic heterocycles. The van der Waals surface area contributed by atoms with E-state index >= 15 is 0 Å². The van der Waals surface area contributed by atoms with E-state index in [2.05, 4.69) is 5.32 Å². The number of aliphatic hydroxyl groups is 1. The highest BCUT2D eigenvalue weighted by molar-refractivity contribution is 7.08. The average Bonchev–Trinajstić information content (AvgIpc) is 2.97. The van der Waals surface area contributed by atoms with Crippen molar-refractivity contribution < 1.29 is 9.90 Å². The molecule has 0 saturated heterocycles.